The molecule has 3 saturated heterocycles. The van der Waals surface area contributed by atoms with E-state index in [9.17, 15) is 9.50 Å². The lowest BCUT2D eigenvalue weighted by Gasteiger charge is -2.34. The molecule has 0 amide bonds. The molecule has 4 aliphatic rings. The summed E-state index contributed by atoms with van der Waals surface area (Å²) in [6.45, 7) is 2.81. The van der Waals surface area contributed by atoms with Crippen LogP contribution < -0.4 is 14.4 Å². The molecule has 1 N–H and O–H groups in total. The van der Waals surface area contributed by atoms with Gasteiger partial charge in [0.05, 0.1) is 21.5 Å². The highest BCUT2D eigenvalue weighted by molar-refractivity contribution is 9.10. The van der Waals surface area contributed by atoms with E-state index in [1.807, 2.05) is 24.3 Å². The van der Waals surface area contributed by atoms with Gasteiger partial charge in [0.1, 0.15) is 35.6 Å². The molecule has 5 atom stereocenters. The number of benzene rings is 2. The highest BCUT2D eigenvalue weighted by atomic mass is 79.9. The van der Waals surface area contributed by atoms with Crippen molar-refractivity contribution in [2.75, 3.05) is 51.6 Å². The predicted molar refractivity (Wildman–Crippen MR) is 173 cm³/mol. The molecule has 2 bridgehead atoms. The minimum Gasteiger partial charge on any atom is -0.466 e. The highest BCUT2D eigenvalue weighted by Gasteiger charge is 2.49. The third-order valence-corrected chi connectivity index (χ3v) is 11.2. The van der Waals surface area contributed by atoms with E-state index in [-0.39, 0.29) is 42.6 Å². The Morgan fingerprint density at radius 2 is 1.93 bits per heavy atom. The number of piperidine rings is 1. The normalized spacial score (nSPS) is 27.5. The van der Waals surface area contributed by atoms with Gasteiger partial charge in [0.15, 0.2) is 12.6 Å². The van der Waals surface area contributed by atoms with Crippen molar-refractivity contribution in [1.29, 1.82) is 0 Å². The summed E-state index contributed by atoms with van der Waals surface area (Å²) in [5, 5.41) is 12.7. The number of pyridine rings is 1. The molecule has 1 aliphatic carbocycles. The molecule has 0 unspecified atom stereocenters. The molecular weight excluding hydrogens is 660 g/mol. The van der Waals surface area contributed by atoms with Crippen molar-refractivity contribution < 1.29 is 28.1 Å². The van der Waals surface area contributed by atoms with E-state index in [2.05, 4.69) is 35.7 Å². The third kappa shape index (κ3) is 5.08. The molecule has 2 aromatic carbocycles. The number of hydrogen-bond donors (Lipinski definition) is 1. The van der Waals surface area contributed by atoms with Crippen molar-refractivity contribution >= 4 is 43.4 Å². The van der Waals surface area contributed by atoms with Crippen molar-refractivity contribution in [2.24, 2.45) is 11.8 Å². The number of halogens is 3. The van der Waals surface area contributed by atoms with Crippen LogP contribution in [0.15, 0.2) is 41.0 Å². The van der Waals surface area contributed by atoms with Gasteiger partial charge in [-0.05, 0) is 65.5 Å². The molecular formula is C34H36BrF2N5O4. The van der Waals surface area contributed by atoms with Gasteiger partial charge in [-0.15, -0.1) is 0 Å². The largest absolute Gasteiger partial charge is 0.466 e. The van der Waals surface area contributed by atoms with Gasteiger partial charge in [0.2, 0.25) is 0 Å². The first-order valence-electron chi connectivity index (χ1n) is 16.0. The first-order chi connectivity index (χ1) is 22.3. The van der Waals surface area contributed by atoms with Crippen molar-refractivity contribution in [3.8, 4) is 23.0 Å². The maximum atomic E-state index is 16.9. The van der Waals surface area contributed by atoms with Gasteiger partial charge in [0.25, 0.3) is 0 Å². The topological polar surface area (TPSA) is 93.1 Å². The van der Waals surface area contributed by atoms with E-state index in [4.69, 9.17) is 19.2 Å². The number of nitrogens with zero attached hydrogens (tertiary/aromatic N) is 5. The number of fused-ring (bicyclic) bond motifs is 5. The predicted octanol–water partition coefficient (Wildman–Crippen LogP) is 5.89. The number of rotatable bonds is 8. The van der Waals surface area contributed by atoms with Crippen LogP contribution >= 0.6 is 15.9 Å². The Bertz CT molecular complexity index is 1810. The fourth-order valence-corrected chi connectivity index (χ4v) is 8.88. The lowest BCUT2D eigenvalue weighted by molar-refractivity contribution is 0.0507. The van der Waals surface area contributed by atoms with Gasteiger partial charge < -0.3 is 24.2 Å². The Morgan fingerprint density at radius 3 is 2.76 bits per heavy atom. The van der Waals surface area contributed by atoms with Crippen LogP contribution in [-0.2, 0) is 4.74 Å². The van der Waals surface area contributed by atoms with Crippen LogP contribution in [0.3, 0.4) is 0 Å². The van der Waals surface area contributed by atoms with Crippen LogP contribution in [-0.4, -0.2) is 89.5 Å². The monoisotopic (exact) mass is 695 g/mol. The quantitative estimate of drug-likeness (QED) is 0.227. The molecule has 4 aromatic rings. The molecule has 2 aromatic heterocycles. The van der Waals surface area contributed by atoms with Gasteiger partial charge in [-0.1, -0.05) is 24.3 Å². The molecule has 0 spiro atoms. The third-order valence-electron chi connectivity index (χ3n) is 10.4. The number of methoxy groups -OCH3 is 1. The molecule has 3 aliphatic heterocycles. The smallest absolute Gasteiger partial charge is 0.319 e. The summed E-state index contributed by atoms with van der Waals surface area (Å²) in [5.41, 5.74) is 0.375. The van der Waals surface area contributed by atoms with Crippen LogP contribution in [0.4, 0.5) is 14.6 Å². The minimum atomic E-state index is -0.892. The maximum Gasteiger partial charge on any atom is 0.319 e. The fraction of sp³-hybridized carbons (Fsp3) is 0.500. The summed E-state index contributed by atoms with van der Waals surface area (Å²) >= 11 is 3.64. The highest BCUT2D eigenvalue weighted by Crippen LogP contribution is 2.44. The number of alkyl halides is 1. The van der Waals surface area contributed by atoms with Crippen LogP contribution in [0.1, 0.15) is 32.1 Å². The first-order valence-corrected chi connectivity index (χ1v) is 16.8. The Kier molecular flexibility index (Phi) is 7.74. The average molecular weight is 697 g/mol. The molecule has 8 rings (SSSR count). The van der Waals surface area contributed by atoms with Crippen LogP contribution in [0, 0.1) is 17.7 Å². The fourth-order valence-electron chi connectivity index (χ4n) is 8.30. The van der Waals surface area contributed by atoms with Crippen LogP contribution in [0.5, 0.6) is 11.8 Å². The van der Waals surface area contributed by atoms with Crippen LogP contribution in [0.2, 0.25) is 0 Å². The summed E-state index contributed by atoms with van der Waals surface area (Å²) in [4.78, 5) is 18.5. The molecule has 1 saturated carbocycles. The summed E-state index contributed by atoms with van der Waals surface area (Å²) < 4.78 is 49.4. The number of hydrogen-bond acceptors (Lipinski definition) is 9. The second-order valence-corrected chi connectivity index (χ2v) is 14.1. The SMILES string of the molecule is COCOc1cc(-c2ncc3c(N4C[C@@H]5C[C@H](C4)[C@H](O)C5)nc(OC[C@@]45CCCN4C[C@H](F)C5)nc3c2F)c2ccccc2c1Br. The minimum absolute atomic E-state index is 0.0237. The second kappa shape index (κ2) is 11.8. The van der Waals surface area contributed by atoms with Gasteiger partial charge >= 0.3 is 6.01 Å². The number of anilines is 1. The first kappa shape index (κ1) is 30.2. The number of aromatic nitrogens is 3. The average Bonchev–Trinajstić information content (AvgIpc) is 3.67. The van der Waals surface area contributed by atoms with E-state index in [1.165, 1.54) is 0 Å². The lowest BCUT2D eigenvalue weighted by atomic mass is 9.95. The maximum absolute atomic E-state index is 16.9. The van der Waals surface area contributed by atoms with Crippen molar-refractivity contribution in [1.82, 2.24) is 19.9 Å². The lowest BCUT2D eigenvalue weighted by Crippen LogP contribution is -2.43. The molecule has 46 heavy (non-hydrogen) atoms. The van der Waals surface area contributed by atoms with E-state index < -0.39 is 17.5 Å². The Balaban J connectivity index is 1.25. The molecule has 5 heterocycles. The summed E-state index contributed by atoms with van der Waals surface area (Å²) in [6, 6.07) is 9.48. The second-order valence-electron chi connectivity index (χ2n) is 13.3. The van der Waals surface area contributed by atoms with Gasteiger partial charge in [-0.25, -0.2) is 8.78 Å². The van der Waals surface area contributed by atoms with Crippen molar-refractivity contribution in [2.45, 2.75) is 49.9 Å². The molecule has 242 valence electrons. The van der Waals surface area contributed by atoms with E-state index >= 15 is 4.39 Å². The molecule has 12 heteroatoms. The van der Waals surface area contributed by atoms with Crippen LogP contribution in [0.25, 0.3) is 32.9 Å². The number of aliphatic hydroxyl groups excluding tert-OH is 1. The van der Waals surface area contributed by atoms with Crippen molar-refractivity contribution in [3.05, 3.63) is 46.8 Å². The molecule has 0 radical (unpaired) electrons. The number of aliphatic hydroxyl groups is 1. The van der Waals surface area contributed by atoms with Gasteiger partial charge in [-0.2, -0.15) is 9.97 Å². The Morgan fingerprint density at radius 1 is 1.09 bits per heavy atom. The molecule has 4 fully saturated rings. The summed E-state index contributed by atoms with van der Waals surface area (Å²) in [6.07, 6.45) is 4.33. The zero-order chi connectivity index (χ0) is 31.6. The van der Waals surface area contributed by atoms with Gasteiger partial charge in [0, 0.05) is 56.2 Å². The Hall–Kier alpha value is -3.19. The number of ether oxygens (including phenoxy) is 3. The Labute approximate surface area is 274 Å². The summed E-state index contributed by atoms with van der Waals surface area (Å²) in [5.74, 6) is 0.889. The standard InChI is InChI=1S/C34H36BrF2N5O4/c1-44-18-46-27-11-24(22-5-2-3-6-23(22)28(27)35)30-29(37)31-25(13-38-30)32(41-14-19-9-20(15-41)26(43)10-19)40-33(39-31)45-17-34-7-4-8-42(34)16-21(36)12-34/h2-3,5-6,11,13,19-21,26,43H,4,7-10,12,14-18H2,1H3/t19-,20-,21-,26-,34+/m1/s1. The van der Waals surface area contributed by atoms with E-state index in [1.54, 1.807) is 19.4 Å². The van der Waals surface area contributed by atoms with Gasteiger partial charge in [-0.3, -0.25) is 9.88 Å². The van der Waals surface area contributed by atoms with Crippen molar-refractivity contribution in [3.63, 3.8) is 0 Å². The zero-order valence-electron chi connectivity index (χ0n) is 25.6. The zero-order valence-corrected chi connectivity index (χ0v) is 27.2. The van der Waals surface area contributed by atoms with E-state index in [0.717, 1.165) is 47.5 Å². The van der Waals surface area contributed by atoms with E-state index in [0.29, 0.717) is 54.5 Å². The summed E-state index contributed by atoms with van der Waals surface area (Å²) in [7, 11) is 1.54. The molecule has 9 nitrogen and oxygen atoms in total.